The van der Waals surface area contributed by atoms with Crippen molar-refractivity contribution in [2.45, 2.75) is 32.2 Å². The molecule has 0 spiro atoms. The number of amides is 1. The van der Waals surface area contributed by atoms with Crippen molar-refractivity contribution in [2.75, 3.05) is 6.61 Å². The molecule has 31 heavy (non-hydrogen) atoms. The molecule has 1 aliphatic carbocycles. The van der Waals surface area contributed by atoms with Gasteiger partial charge in [0.15, 0.2) is 0 Å². The van der Waals surface area contributed by atoms with Gasteiger partial charge in [-0.25, -0.2) is 15.0 Å². The van der Waals surface area contributed by atoms with Crippen LogP contribution in [0.4, 0.5) is 0 Å². The third-order valence-electron chi connectivity index (χ3n) is 6.43. The number of benzene rings is 2. The van der Waals surface area contributed by atoms with E-state index in [2.05, 4.69) is 38.8 Å². The average Bonchev–Trinajstić information content (AvgIpc) is 3.57. The van der Waals surface area contributed by atoms with Crippen molar-refractivity contribution in [2.24, 2.45) is 17.6 Å². The minimum Gasteiger partial charge on any atom is -0.491 e. The fourth-order valence-corrected chi connectivity index (χ4v) is 4.72. The second-order valence-electron chi connectivity index (χ2n) is 8.60. The molecule has 6 rings (SSSR count). The first-order valence-corrected chi connectivity index (χ1v) is 10.8. The quantitative estimate of drug-likeness (QED) is 0.540. The molecule has 1 saturated carbocycles. The molecule has 156 valence electrons. The Morgan fingerprint density at radius 2 is 2.13 bits per heavy atom. The summed E-state index contributed by atoms with van der Waals surface area (Å²) in [6.45, 7) is 1.50. The van der Waals surface area contributed by atoms with E-state index in [4.69, 9.17) is 15.5 Å². The van der Waals surface area contributed by atoms with E-state index < -0.39 is 0 Å². The molecule has 4 aromatic rings. The lowest BCUT2D eigenvalue weighted by atomic mass is 9.94. The Hall–Kier alpha value is -3.48. The molecule has 1 aliphatic heterocycles. The van der Waals surface area contributed by atoms with Gasteiger partial charge in [-0.3, -0.25) is 4.79 Å². The number of carbonyl (C=O) groups excluding carboxylic acids is 1. The van der Waals surface area contributed by atoms with Gasteiger partial charge in [-0.15, -0.1) is 0 Å². The average molecular weight is 413 g/mol. The van der Waals surface area contributed by atoms with Crippen LogP contribution in [0.1, 0.15) is 24.8 Å². The maximum absolute atomic E-state index is 12.0. The summed E-state index contributed by atoms with van der Waals surface area (Å²) in [6, 6.07) is 10.3. The van der Waals surface area contributed by atoms with Gasteiger partial charge in [-0.2, -0.15) is 0 Å². The smallest absolute Gasteiger partial charge is 0.221 e. The Bertz CT molecular complexity index is 1320. The molecule has 7 heteroatoms. The molecule has 7 nitrogen and oxygen atoms in total. The number of carbonyl (C=O) groups is 1. The van der Waals surface area contributed by atoms with Crippen LogP contribution in [0.3, 0.4) is 0 Å². The number of aryl methyl sites for hydroxylation is 1. The van der Waals surface area contributed by atoms with Crippen molar-refractivity contribution < 1.29 is 9.53 Å². The van der Waals surface area contributed by atoms with E-state index in [1.165, 1.54) is 0 Å². The highest BCUT2D eigenvalue weighted by Crippen LogP contribution is 2.40. The van der Waals surface area contributed by atoms with Gasteiger partial charge in [-0.1, -0.05) is 12.1 Å². The number of ether oxygens (including phenoxy) is 1. The van der Waals surface area contributed by atoms with Crippen LogP contribution in [0.15, 0.2) is 42.9 Å². The van der Waals surface area contributed by atoms with Crippen LogP contribution in [-0.4, -0.2) is 32.0 Å². The number of fused-ring (bicyclic) bond motifs is 1. The molecule has 1 amide bonds. The lowest BCUT2D eigenvalue weighted by Crippen LogP contribution is -2.26. The van der Waals surface area contributed by atoms with Gasteiger partial charge in [0.1, 0.15) is 23.4 Å². The van der Waals surface area contributed by atoms with Crippen molar-refractivity contribution in [3.8, 4) is 17.1 Å². The number of rotatable bonds is 5. The van der Waals surface area contributed by atoms with E-state index >= 15 is 0 Å². The number of nitrogens with two attached hydrogens (primary N) is 1. The molecule has 0 saturated heterocycles. The van der Waals surface area contributed by atoms with Crippen molar-refractivity contribution >= 4 is 27.8 Å². The first-order valence-electron chi connectivity index (χ1n) is 10.8. The molecule has 0 unspecified atom stereocenters. The maximum atomic E-state index is 12.0. The van der Waals surface area contributed by atoms with E-state index in [0.29, 0.717) is 18.9 Å². The fourth-order valence-electron chi connectivity index (χ4n) is 4.72. The van der Waals surface area contributed by atoms with Crippen LogP contribution < -0.4 is 10.5 Å². The summed E-state index contributed by atoms with van der Waals surface area (Å²) in [4.78, 5) is 25.5. The minimum atomic E-state index is -0.209. The molecule has 2 aromatic heterocycles. The molecule has 0 radical (unpaired) electrons. The Morgan fingerprint density at radius 1 is 1.23 bits per heavy atom. The summed E-state index contributed by atoms with van der Waals surface area (Å²) in [6.07, 6.45) is 7.10. The molecule has 2 N–H and O–H groups in total. The molecule has 1 atom stereocenters. The van der Waals surface area contributed by atoms with Crippen molar-refractivity contribution in [3.05, 3.63) is 48.4 Å². The fraction of sp³-hybridized carbons (Fsp3) is 0.333. The highest BCUT2D eigenvalue weighted by atomic mass is 16.5. The van der Waals surface area contributed by atoms with Gasteiger partial charge in [0, 0.05) is 29.6 Å². The molecule has 3 heterocycles. The summed E-state index contributed by atoms with van der Waals surface area (Å²) in [5, 5.41) is 1.00. The Balaban J connectivity index is 1.48. The zero-order valence-electron chi connectivity index (χ0n) is 17.1. The zero-order valence-corrected chi connectivity index (χ0v) is 17.1. The second-order valence-corrected chi connectivity index (χ2v) is 8.60. The van der Waals surface area contributed by atoms with Gasteiger partial charge in [0.25, 0.3) is 0 Å². The van der Waals surface area contributed by atoms with E-state index in [1.807, 2.05) is 12.3 Å². The van der Waals surface area contributed by atoms with E-state index in [0.717, 1.165) is 70.4 Å². The van der Waals surface area contributed by atoms with Gasteiger partial charge < -0.3 is 15.0 Å². The Morgan fingerprint density at radius 3 is 2.97 bits per heavy atom. The van der Waals surface area contributed by atoms with Crippen LogP contribution in [0, 0.1) is 11.8 Å². The molecule has 1 fully saturated rings. The predicted octanol–water partition coefficient (Wildman–Crippen LogP) is 3.48. The monoisotopic (exact) mass is 413 g/mol. The summed E-state index contributed by atoms with van der Waals surface area (Å²) in [5.41, 5.74) is 10.6. The topological polar surface area (TPSA) is 95.9 Å². The van der Waals surface area contributed by atoms with Gasteiger partial charge in [0.2, 0.25) is 5.91 Å². The zero-order chi connectivity index (χ0) is 20.9. The van der Waals surface area contributed by atoms with Gasteiger partial charge >= 0.3 is 0 Å². The lowest BCUT2D eigenvalue weighted by molar-refractivity contribution is -0.122. The predicted molar refractivity (Wildman–Crippen MR) is 117 cm³/mol. The van der Waals surface area contributed by atoms with Crippen molar-refractivity contribution in [3.63, 3.8) is 0 Å². The normalized spacial score (nSPS) is 16.8. The second kappa shape index (κ2) is 7.04. The number of hydrogen-bond donors (Lipinski definition) is 1. The molecular formula is C24H23N5O2. The van der Waals surface area contributed by atoms with Crippen molar-refractivity contribution in [1.82, 2.24) is 19.5 Å². The van der Waals surface area contributed by atoms with Crippen LogP contribution >= 0.6 is 0 Å². The molecule has 0 bridgehead atoms. The summed E-state index contributed by atoms with van der Waals surface area (Å²) in [5.74, 6) is 1.84. The SMILES string of the molecule is NC(=O)[C@@H](Cc1cc2c3c(c1)nc(-c1ccc4cncnc4c1)n3CCCO2)C1CC1. The van der Waals surface area contributed by atoms with E-state index in [1.54, 1.807) is 6.33 Å². The third-order valence-corrected chi connectivity index (χ3v) is 6.43. The van der Waals surface area contributed by atoms with Crippen LogP contribution in [0.2, 0.25) is 0 Å². The van der Waals surface area contributed by atoms with Crippen LogP contribution in [-0.2, 0) is 17.8 Å². The van der Waals surface area contributed by atoms with Gasteiger partial charge in [0.05, 0.1) is 17.6 Å². The van der Waals surface area contributed by atoms with Crippen molar-refractivity contribution in [1.29, 1.82) is 0 Å². The number of aromatic nitrogens is 4. The lowest BCUT2D eigenvalue weighted by Gasteiger charge is -2.13. The highest BCUT2D eigenvalue weighted by Gasteiger charge is 2.35. The summed E-state index contributed by atoms with van der Waals surface area (Å²) in [7, 11) is 0. The van der Waals surface area contributed by atoms with E-state index in [-0.39, 0.29) is 11.8 Å². The third kappa shape index (κ3) is 3.21. The number of imidazole rings is 1. The number of nitrogens with zero attached hydrogens (tertiary/aromatic N) is 4. The van der Waals surface area contributed by atoms with Crippen LogP contribution in [0.25, 0.3) is 33.3 Å². The highest BCUT2D eigenvalue weighted by molar-refractivity contribution is 5.89. The Labute approximate surface area is 179 Å². The summed E-state index contributed by atoms with van der Waals surface area (Å²) < 4.78 is 8.35. The van der Waals surface area contributed by atoms with Gasteiger partial charge in [-0.05, 0) is 55.4 Å². The standard InChI is InChI=1S/C24H23N5O2/c25-23(30)18(15-2-3-15)8-14-9-20-22-21(10-14)31-7-1-6-29(22)24(28-20)16-4-5-17-12-26-13-27-19(17)11-16/h4-5,9-13,15,18H,1-3,6-8H2,(H2,25,30)/t18-/m0/s1. The number of hydrogen-bond acceptors (Lipinski definition) is 5. The first kappa shape index (κ1) is 18.3. The maximum Gasteiger partial charge on any atom is 0.221 e. The molecule has 2 aromatic carbocycles. The molecule has 2 aliphatic rings. The Kier molecular flexibility index (Phi) is 4.16. The van der Waals surface area contributed by atoms with Crippen LogP contribution in [0.5, 0.6) is 5.75 Å². The number of primary amides is 1. The molecular weight excluding hydrogens is 390 g/mol. The minimum absolute atomic E-state index is 0.114. The van der Waals surface area contributed by atoms with E-state index in [9.17, 15) is 4.79 Å². The first-order chi connectivity index (χ1) is 15.2. The largest absolute Gasteiger partial charge is 0.491 e. The summed E-state index contributed by atoms with van der Waals surface area (Å²) >= 11 is 0.